The molecule has 6 heteroatoms. The van der Waals surface area contributed by atoms with Crippen molar-refractivity contribution in [3.8, 4) is 0 Å². The van der Waals surface area contributed by atoms with Gasteiger partial charge in [-0.25, -0.2) is 0 Å². The first kappa shape index (κ1) is 16.3. The van der Waals surface area contributed by atoms with Crippen molar-refractivity contribution >= 4 is 35.2 Å². The van der Waals surface area contributed by atoms with Gasteiger partial charge in [-0.1, -0.05) is 23.2 Å². The Morgan fingerprint density at radius 2 is 2.24 bits per heavy atom. The Labute approximate surface area is 133 Å². The van der Waals surface area contributed by atoms with Gasteiger partial charge in [0.25, 0.3) is 0 Å². The summed E-state index contributed by atoms with van der Waals surface area (Å²) in [6.07, 6.45) is 2.68. The van der Waals surface area contributed by atoms with Crippen LogP contribution in [0.25, 0.3) is 6.08 Å². The zero-order chi connectivity index (χ0) is 15.4. The number of benzene rings is 1. The summed E-state index contributed by atoms with van der Waals surface area (Å²) in [4.78, 5) is 13.9. The van der Waals surface area contributed by atoms with Crippen LogP contribution in [0.5, 0.6) is 0 Å². The van der Waals surface area contributed by atoms with Crippen LogP contribution in [0, 0.1) is 0 Å². The Kier molecular flexibility index (Phi) is 5.65. The van der Waals surface area contributed by atoms with E-state index in [4.69, 9.17) is 27.9 Å². The van der Waals surface area contributed by atoms with E-state index in [9.17, 15) is 9.90 Å². The normalized spacial score (nSPS) is 22.8. The molecule has 1 aromatic carbocycles. The summed E-state index contributed by atoms with van der Waals surface area (Å²) in [7, 11) is 0. The maximum absolute atomic E-state index is 12.2. The summed E-state index contributed by atoms with van der Waals surface area (Å²) < 4.78 is 5.51. The molecule has 0 bridgehead atoms. The molecule has 1 amide bonds. The monoisotopic (exact) mass is 329 g/mol. The number of morpholine rings is 1. The Morgan fingerprint density at radius 3 is 2.95 bits per heavy atom. The fourth-order valence-electron chi connectivity index (χ4n) is 2.23. The highest BCUT2D eigenvalue weighted by atomic mass is 35.5. The van der Waals surface area contributed by atoms with Crippen LogP contribution in [-0.4, -0.2) is 47.8 Å². The fourth-order valence-corrected chi connectivity index (χ4v) is 2.60. The van der Waals surface area contributed by atoms with Gasteiger partial charge in [0, 0.05) is 29.2 Å². The molecule has 4 nitrogen and oxygen atoms in total. The Hall–Kier alpha value is -1.07. The summed E-state index contributed by atoms with van der Waals surface area (Å²) >= 11 is 12.0. The molecule has 1 fully saturated rings. The van der Waals surface area contributed by atoms with E-state index in [1.54, 1.807) is 29.2 Å². The van der Waals surface area contributed by atoms with Crippen molar-refractivity contribution in [3.63, 3.8) is 0 Å². The van der Waals surface area contributed by atoms with Crippen molar-refractivity contribution in [2.45, 2.75) is 19.1 Å². The molecule has 21 heavy (non-hydrogen) atoms. The number of aliphatic hydroxyl groups is 1. The van der Waals surface area contributed by atoms with E-state index in [-0.39, 0.29) is 24.7 Å². The lowest BCUT2D eigenvalue weighted by molar-refractivity contribution is -0.142. The van der Waals surface area contributed by atoms with Crippen LogP contribution in [-0.2, 0) is 9.53 Å². The van der Waals surface area contributed by atoms with E-state index >= 15 is 0 Å². The van der Waals surface area contributed by atoms with E-state index in [0.717, 1.165) is 0 Å². The number of amides is 1. The third kappa shape index (κ3) is 4.45. The summed E-state index contributed by atoms with van der Waals surface area (Å²) in [5.41, 5.74) is 0.692. The van der Waals surface area contributed by atoms with Crippen molar-refractivity contribution in [2.24, 2.45) is 0 Å². The smallest absolute Gasteiger partial charge is 0.246 e. The van der Waals surface area contributed by atoms with Gasteiger partial charge in [0.15, 0.2) is 0 Å². The molecule has 1 aliphatic heterocycles. The Bertz CT molecular complexity index is 548. The molecule has 114 valence electrons. The number of aliphatic hydroxyl groups excluding tert-OH is 1. The molecule has 2 unspecified atom stereocenters. The van der Waals surface area contributed by atoms with Gasteiger partial charge in [-0.2, -0.15) is 0 Å². The first-order valence-electron chi connectivity index (χ1n) is 6.68. The molecule has 0 radical (unpaired) electrons. The Balaban J connectivity index is 2.06. The fraction of sp³-hybridized carbons (Fsp3) is 0.400. The number of halogens is 2. The van der Waals surface area contributed by atoms with Crippen molar-refractivity contribution in [1.29, 1.82) is 0 Å². The minimum Gasteiger partial charge on any atom is -0.394 e. The molecule has 0 aliphatic carbocycles. The highest BCUT2D eigenvalue weighted by Gasteiger charge is 2.26. The minimum atomic E-state index is -0.333. The van der Waals surface area contributed by atoms with Gasteiger partial charge in [-0.05, 0) is 36.8 Å². The molecule has 1 aliphatic rings. The van der Waals surface area contributed by atoms with E-state index in [0.29, 0.717) is 28.7 Å². The average molecular weight is 330 g/mol. The van der Waals surface area contributed by atoms with Gasteiger partial charge < -0.3 is 14.7 Å². The zero-order valence-electron chi connectivity index (χ0n) is 11.6. The second kappa shape index (κ2) is 7.27. The molecule has 1 N–H and O–H groups in total. The largest absolute Gasteiger partial charge is 0.394 e. The van der Waals surface area contributed by atoms with Crippen molar-refractivity contribution in [1.82, 2.24) is 4.90 Å². The molecule has 0 aromatic heterocycles. The van der Waals surface area contributed by atoms with Crippen molar-refractivity contribution in [2.75, 3.05) is 19.7 Å². The molecule has 1 saturated heterocycles. The van der Waals surface area contributed by atoms with E-state index < -0.39 is 0 Å². The van der Waals surface area contributed by atoms with Crippen LogP contribution in [0.1, 0.15) is 12.5 Å². The SMILES string of the molecule is CC1CN(C(=O)/C=C/c2cc(Cl)ccc2Cl)CC(CO)O1. The third-order valence-electron chi connectivity index (χ3n) is 3.21. The third-order valence-corrected chi connectivity index (χ3v) is 3.78. The maximum atomic E-state index is 12.2. The standard InChI is InChI=1S/C15H17Cl2NO3/c1-10-7-18(8-13(9-19)21-10)15(20)5-2-11-6-12(16)3-4-14(11)17/h2-6,10,13,19H,7-9H2,1H3/b5-2+. The second-order valence-electron chi connectivity index (χ2n) is 4.99. The summed E-state index contributed by atoms with van der Waals surface area (Å²) in [5.74, 6) is -0.139. The van der Waals surface area contributed by atoms with E-state index in [2.05, 4.69) is 0 Å². The molecule has 2 rings (SSSR count). The summed E-state index contributed by atoms with van der Waals surface area (Å²) in [5, 5.41) is 10.3. The van der Waals surface area contributed by atoms with Gasteiger partial charge in [-0.3, -0.25) is 4.79 Å². The summed E-state index contributed by atoms with van der Waals surface area (Å²) in [6, 6.07) is 5.08. The number of nitrogens with zero attached hydrogens (tertiary/aromatic N) is 1. The van der Waals surface area contributed by atoms with Crippen LogP contribution in [0.2, 0.25) is 10.0 Å². The van der Waals surface area contributed by atoms with Crippen molar-refractivity contribution in [3.05, 3.63) is 39.9 Å². The predicted molar refractivity (Wildman–Crippen MR) is 83.5 cm³/mol. The lowest BCUT2D eigenvalue weighted by Crippen LogP contribution is -2.49. The topological polar surface area (TPSA) is 49.8 Å². The van der Waals surface area contributed by atoms with Gasteiger partial charge in [-0.15, -0.1) is 0 Å². The minimum absolute atomic E-state index is 0.0944. The van der Waals surface area contributed by atoms with Crippen LogP contribution >= 0.6 is 23.2 Å². The highest BCUT2D eigenvalue weighted by Crippen LogP contribution is 2.22. The second-order valence-corrected chi connectivity index (χ2v) is 5.84. The van der Waals surface area contributed by atoms with E-state index in [1.807, 2.05) is 6.92 Å². The molecular formula is C15H17Cl2NO3. The lowest BCUT2D eigenvalue weighted by Gasteiger charge is -2.35. The number of rotatable bonds is 3. The Morgan fingerprint density at radius 1 is 1.48 bits per heavy atom. The molecule has 2 atom stereocenters. The molecule has 0 spiro atoms. The van der Waals surface area contributed by atoms with Crippen LogP contribution in [0.4, 0.5) is 0 Å². The predicted octanol–water partition coefficient (Wildman–Crippen LogP) is 2.61. The number of carbonyl (C=O) groups is 1. The van der Waals surface area contributed by atoms with Gasteiger partial charge in [0.2, 0.25) is 5.91 Å². The van der Waals surface area contributed by atoms with Crippen LogP contribution in [0.3, 0.4) is 0 Å². The number of hydrogen-bond donors (Lipinski definition) is 1. The molecule has 1 aromatic rings. The quantitative estimate of drug-likeness (QED) is 0.867. The molecule has 0 saturated carbocycles. The van der Waals surface area contributed by atoms with E-state index in [1.165, 1.54) is 6.08 Å². The highest BCUT2D eigenvalue weighted by molar-refractivity contribution is 6.34. The molecule has 1 heterocycles. The number of carbonyl (C=O) groups excluding carboxylic acids is 1. The van der Waals surface area contributed by atoms with Gasteiger partial charge in [0.1, 0.15) is 0 Å². The van der Waals surface area contributed by atoms with Gasteiger partial charge in [0.05, 0.1) is 18.8 Å². The first-order valence-corrected chi connectivity index (χ1v) is 7.43. The zero-order valence-corrected chi connectivity index (χ0v) is 13.1. The maximum Gasteiger partial charge on any atom is 0.246 e. The van der Waals surface area contributed by atoms with Crippen molar-refractivity contribution < 1.29 is 14.6 Å². The lowest BCUT2D eigenvalue weighted by atomic mass is 10.2. The number of ether oxygens (including phenoxy) is 1. The van der Waals surface area contributed by atoms with Crippen LogP contribution < -0.4 is 0 Å². The molecular weight excluding hydrogens is 313 g/mol. The average Bonchev–Trinajstić information content (AvgIpc) is 2.47. The first-order chi connectivity index (χ1) is 9.99. The number of hydrogen-bond acceptors (Lipinski definition) is 3. The van der Waals surface area contributed by atoms with Crippen LogP contribution in [0.15, 0.2) is 24.3 Å². The van der Waals surface area contributed by atoms with Gasteiger partial charge >= 0.3 is 0 Å². The summed E-state index contributed by atoms with van der Waals surface area (Å²) in [6.45, 7) is 2.66.